The predicted octanol–water partition coefficient (Wildman–Crippen LogP) is 13.6. The Hall–Kier alpha value is -5.72. The topological polar surface area (TPSA) is 0 Å². The van der Waals surface area contributed by atoms with Gasteiger partial charge in [-0.15, -0.1) is 0 Å². The summed E-state index contributed by atoms with van der Waals surface area (Å²) in [5, 5.41) is 5.14. The van der Waals surface area contributed by atoms with Crippen molar-refractivity contribution in [2.75, 3.05) is 0 Å². The van der Waals surface area contributed by atoms with Crippen LogP contribution in [0.3, 0.4) is 0 Å². The van der Waals surface area contributed by atoms with Gasteiger partial charge in [-0.05, 0) is 141 Å². The molecule has 8 aromatic carbocycles. The molecule has 0 spiro atoms. The first kappa shape index (κ1) is 29.7. The lowest BCUT2D eigenvalue weighted by molar-refractivity contribution is 1.38. The van der Waals surface area contributed by atoms with Gasteiger partial charge in [0, 0.05) is 0 Å². The van der Waals surface area contributed by atoms with Crippen LogP contribution in [0, 0.1) is 27.7 Å². The Morgan fingerprint density at radius 3 is 1.15 bits per heavy atom. The van der Waals surface area contributed by atoms with Crippen LogP contribution in [0.1, 0.15) is 22.3 Å². The van der Waals surface area contributed by atoms with Crippen molar-refractivity contribution in [3.8, 4) is 55.6 Å². The maximum absolute atomic E-state index is 2.36. The van der Waals surface area contributed by atoms with Gasteiger partial charge in [-0.3, -0.25) is 0 Å². The quantitative estimate of drug-likeness (QED) is 0.169. The molecule has 0 fully saturated rings. The minimum absolute atomic E-state index is 1.21. The van der Waals surface area contributed by atoms with Gasteiger partial charge in [0.15, 0.2) is 0 Å². The highest BCUT2D eigenvalue weighted by atomic mass is 14.2. The number of hydrogen-bond acceptors (Lipinski definition) is 0. The van der Waals surface area contributed by atoms with E-state index in [1.807, 2.05) is 0 Å². The first-order valence-electron chi connectivity index (χ1n) is 16.8. The summed E-state index contributed by atoms with van der Waals surface area (Å²) >= 11 is 0. The second-order valence-electron chi connectivity index (χ2n) is 13.4. The Labute approximate surface area is 284 Å². The fourth-order valence-corrected chi connectivity index (χ4v) is 7.36. The first-order chi connectivity index (χ1) is 23.4. The molecule has 0 bridgehead atoms. The molecule has 0 aliphatic heterocycles. The van der Waals surface area contributed by atoms with E-state index in [0.717, 1.165) is 0 Å². The van der Waals surface area contributed by atoms with Crippen molar-refractivity contribution in [1.29, 1.82) is 0 Å². The molecule has 0 aromatic heterocycles. The van der Waals surface area contributed by atoms with Crippen LogP contribution in [-0.2, 0) is 0 Å². The zero-order valence-corrected chi connectivity index (χ0v) is 28.0. The average Bonchev–Trinajstić information content (AvgIpc) is 3.10. The molecule has 48 heavy (non-hydrogen) atoms. The third-order valence-corrected chi connectivity index (χ3v) is 9.51. The van der Waals surface area contributed by atoms with Gasteiger partial charge in [0.05, 0.1) is 0 Å². The molecule has 8 aromatic rings. The summed E-state index contributed by atoms with van der Waals surface area (Å²) in [6, 6.07) is 58.7. The van der Waals surface area contributed by atoms with Crippen molar-refractivity contribution in [3.05, 3.63) is 180 Å². The van der Waals surface area contributed by atoms with Gasteiger partial charge in [-0.25, -0.2) is 0 Å². The smallest absolute Gasteiger partial charge is 0.0105 e. The maximum Gasteiger partial charge on any atom is -0.0105 e. The van der Waals surface area contributed by atoms with Gasteiger partial charge < -0.3 is 0 Å². The lowest BCUT2D eigenvalue weighted by Gasteiger charge is -2.14. The van der Waals surface area contributed by atoms with E-state index in [2.05, 4.69) is 185 Å². The molecule has 8 rings (SSSR count). The van der Waals surface area contributed by atoms with E-state index in [0.29, 0.717) is 0 Å². The summed E-state index contributed by atoms with van der Waals surface area (Å²) in [6.45, 7) is 8.73. The monoisotopic (exact) mass is 614 g/mol. The van der Waals surface area contributed by atoms with E-state index in [4.69, 9.17) is 0 Å². The molecule has 0 aliphatic rings. The third-order valence-electron chi connectivity index (χ3n) is 9.51. The summed E-state index contributed by atoms with van der Waals surface area (Å²) in [6.07, 6.45) is 0. The highest BCUT2D eigenvalue weighted by molar-refractivity contribution is 6.08. The van der Waals surface area contributed by atoms with Crippen LogP contribution in [0.25, 0.3) is 77.2 Å². The highest BCUT2D eigenvalue weighted by Gasteiger charge is 2.11. The van der Waals surface area contributed by atoms with Gasteiger partial charge in [0.2, 0.25) is 0 Å². The van der Waals surface area contributed by atoms with Crippen molar-refractivity contribution in [3.63, 3.8) is 0 Å². The van der Waals surface area contributed by atoms with Crippen LogP contribution in [-0.4, -0.2) is 0 Å². The normalized spacial score (nSPS) is 11.3. The summed E-state index contributed by atoms with van der Waals surface area (Å²) in [5.41, 5.74) is 17.4. The molecular formula is C48H38. The van der Waals surface area contributed by atoms with E-state index in [-0.39, 0.29) is 0 Å². The van der Waals surface area contributed by atoms with Gasteiger partial charge >= 0.3 is 0 Å². The third kappa shape index (κ3) is 5.83. The number of benzene rings is 8. The Bertz CT molecular complexity index is 2380. The second-order valence-corrected chi connectivity index (χ2v) is 13.4. The van der Waals surface area contributed by atoms with Gasteiger partial charge in [0.25, 0.3) is 0 Å². The number of rotatable bonds is 5. The van der Waals surface area contributed by atoms with E-state index < -0.39 is 0 Å². The molecule has 0 saturated carbocycles. The summed E-state index contributed by atoms with van der Waals surface area (Å²) in [5.74, 6) is 0. The Morgan fingerprint density at radius 2 is 0.604 bits per heavy atom. The lowest BCUT2D eigenvalue weighted by Crippen LogP contribution is -1.89. The standard InChI is InChI=1S/C48H38/c1-31-19-32(2)22-42(21-31)45-28-44(29-46(30-45)43-23-33(3)20-34(4)24-43)39-13-8-11-37(26-39)36-10-7-12-38(25-36)40-17-18-48-41(27-40)16-15-35-9-5-6-14-47(35)48/h5-30H,1-4H3. The molecule has 0 radical (unpaired) electrons. The van der Waals surface area contributed by atoms with Crippen molar-refractivity contribution in [1.82, 2.24) is 0 Å². The molecule has 0 amide bonds. The van der Waals surface area contributed by atoms with Crippen LogP contribution in [0.2, 0.25) is 0 Å². The fraction of sp³-hybridized carbons (Fsp3) is 0.0833. The van der Waals surface area contributed by atoms with Crippen LogP contribution in [0.5, 0.6) is 0 Å². The molecule has 0 saturated heterocycles. The van der Waals surface area contributed by atoms with Gasteiger partial charge in [0.1, 0.15) is 0 Å². The number of fused-ring (bicyclic) bond motifs is 3. The first-order valence-corrected chi connectivity index (χ1v) is 16.8. The van der Waals surface area contributed by atoms with Gasteiger partial charge in [-0.1, -0.05) is 144 Å². The van der Waals surface area contributed by atoms with Crippen molar-refractivity contribution >= 4 is 21.5 Å². The van der Waals surface area contributed by atoms with Crippen molar-refractivity contribution < 1.29 is 0 Å². The molecular weight excluding hydrogens is 577 g/mol. The lowest BCUT2D eigenvalue weighted by atomic mass is 9.90. The van der Waals surface area contributed by atoms with Crippen molar-refractivity contribution in [2.24, 2.45) is 0 Å². The zero-order chi connectivity index (χ0) is 32.8. The fourth-order valence-electron chi connectivity index (χ4n) is 7.36. The Kier molecular flexibility index (Phi) is 7.50. The minimum atomic E-state index is 1.21. The SMILES string of the molecule is Cc1cc(C)cc(-c2cc(-c3cc(C)cc(C)c3)cc(-c3cccc(-c4cccc(-c5ccc6c(ccc7ccccc76)c5)c4)c3)c2)c1. The van der Waals surface area contributed by atoms with E-state index >= 15 is 0 Å². The molecule has 0 aliphatic carbocycles. The molecule has 0 heterocycles. The zero-order valence-electron chi connectivity index (χ0n) is 28.0. The maximum atomic E-state index is 2.36. The molecule has 0 nitrogen and oxygen atoms in total. The molecule has 0 N–H and O–H groups in total. The Morgan fingerprint density at radius 1 is 0.229 bits per heavy atom. The molecule has 0 atom stereocenters. The van der Waals surface area contributed by atoms with Crippen LogP contribution >= 0.6 is 0 Å². The summed E-state index contributed by atoms with van der Waals surface area (Å²) < 4.78 is 0. The molecule has 0 heteroatoms. The average molecular weight is 615 g/mol. The van der Waals surface area contributed by atoms with Gasteiger partial charge in [-0.2, -0.15) is 0 Å². The largest absolute Gasteiger partial charge is 0.0616 e. The van der Waals surface area contributed by atoms with Crippen LogP contribution < -0.4 is 0 Å². The molecule has 0 unspecified atom stereocenters. The Balaban J connectivity index is 1.21. The minimum Gasteiger partial charge on any atom is -0.0616 e. The van der Waals surface area contributed by atoms with E-state index in [1.165, 1.54) is 99.4 Å². The summed E-state index contributed by atoms with van der Waals surface area (Å²) in [7, 11) is 0. The number of aryl methyl sites for hydroxylation is 4. The van der Waals surface area contributed by atoms with E-state index in [9.17, 15) is 0 Å². The second kappa shape index (κ2) is 12.1. The highest BCUT2D eigenvalue weighted by Crippen LogP contribution is 2.37. The van der Waals surface area contributed by atoms with Crippen LogP contribution in [0.15, 0.2) is 158 Å². The number of hydrogen-bond donors (Lipinski definition) is 0. The summed E-state index contributed by atoms with van der Waals surface area (Å²) in [4.78, 5) is 0. The van der Waals surface area contributed by atoms with E-state index in [1.54, 1.807) is 0 Å². The molecule has 230 valence electrons. The predicted molar refractivity (Wildman–Crippen MR) is 208 cm³/mol. The van der Waals surface area contributed by atoms with Crippen LogP contribution in [0.4, 0.5) is 0 Å². The van der Waals surface area contributed by atoms with Crippen molar-refractivity contribution in [2.45, 2.75) is 27.7 Å².